The van der Waals surface area contributed by atoms with E-state index in [1.165, 1.54) is 16.3 Å². The van der Waals surface area contributed by atoms with Crippen molar-refractivity contribution in [3.8, 4) is 0 Å². The zero-order valence-corrected chi connectivity index (χ0v) is 22.9. The van der Waals surface area contributed by atoms with Crippen LogP contribution in [0.2, 0.25) is 0 Å². The molecule has 1 unspecified atom stereocenters. The summed E-state index contributed by atoms with van der Waals surface area (Å²) in [5.41, 5.74) is 2.18. The Morgan fingerprint density at radius 2 is 1.53 bits per heavy atom. The minimum Gasteiger partial charge on any atom is -0.461 e. The summed E-state index contributed by atoms with van der Waals surface area (Å²) in [5.74, 6) is -0.310. The maximum absolute atomic E-state index is 12.5. The Balaban J connectivity index is 1.25. The molecule has 0 aliphatic rings. The van der Waals surface area contributed by atoms with E-state index in [-0.39, 0.29) is 30.9 Å². The number of carbonyl (C=O) groups excluding carboxylic acids is 2. The fourth-order valence-electron chi connectivity index (χ4n) is 4.52. The quantitative estimate of drug-likeness (QED) is 0.179. The van der Waals surface area contributed by atoms with Gasteiger partial charge in [-0.3, -0.25) is 9.59 Å². The van der Waals surface area contributed by atoms with E-state index in [0.717, 1.165) is 44.3 Å². The first-order valence-electron chi connectivity index (χ1n) is 13.7. The van der Waals surface area contributed by atoms with Crippen molar-refractivity contribution in [1.82, 2.24) is 10.2 Å². The number of likely N-dealkylation sites (N-methyl/N-ethyl adjacent to an activating group) is 1. The number of amides is 1. The minimum atomic E-state index is -0.302. The van der Waals surface area contributed by atoms with Gasteiger partial charge in [-0.2, -0.15) is 0 Å². The van der Waals surface area contributed by atoms with Crippen LogP contribution in [0.25, 0.3) is 10.8 Å². The second-order valence-electron chi connectivity index (χ2n) is 10.1. The van der Waals surface area contributed by atoms with Gasteiger partial charge in [0.1, 0.15) is 6.61 Å². The molecule has 1 amide bonds. The van der Waals surface area contributed by atoms with Gasteiger partial charge in [0, 0.05) is 19.6 Å². The van der Waals surface area contributed by atoms with Crippen molar-refractivity contribution >= 4 is 22.6 Å². The van der Waals surface area contributed by atoms with Crippen LogP contribution in [0.5, 0.6) is 0 Å². The Labute approximate surface area is 227 Å². The lowest BCUT2D eigenvalue weighted by Crippen LogP contribution is -2.43. The molecule has 0 radical (unpaired) electrons. The molecule has 6 heteroatoms. The van der Waals surface area contributed by atoms with Crippen LogP contribution in [0, 0.1) is 0 Å². The molecule has 0 fully saturated rings. The van der Waals surface area contributed by atoms with Crippen LogP contribution in [-0.4, -0.2) is 50.1 Å². The van der Waals surface area contributed by atoms with E-state index in [1.54, 1.807) is 0 Å². The fourth-order valence-corrected chi connectivity index (χ4v) is 4.52. The van der Waals surface area contributed by atoms with Crippen LogP contribution < -0.4 is 5.32 Å². The van der Waals surface area contributed by atoms with Gasteiger partial charge in [0.2, 0.25) is 5.91 Å². The molecule has 0 bridgehead atoms. The molecule has 1 N–H and O–H groups in total. The number of esters is 1. The van der Waals surface area contributed by atoms with Crippen LogP contribution in [0.4, 0.5) is 0 Å². The van der Waals surface area contributed by atoms with E-state index >= 15 is 0 Å². The fraction of sp³-hybridized carbons (Fsp3) is 0.438. The average molecular weight is 519 g/mol. The first-order valence-corrected chi connectivity index (χ1v) is 13.7. The predicted molar refractivity (Wildman–Crippen MR) is 153 cm³/mol. The summed E-state index contributed by atoms with van der Waals surface area (Å²) in [6.07, 6.45) is 5.68. The summed E-state index contributed by atoms with van der Waals surface area (Å²) in [7, 11) is 3.86. The van der Waals surface area contributed by atoms with Crippen LogP contribution in [0.3, 0.4) is 0 Å². The van der Waals surface area contributed by atoms with Crippen LogP contribution in [0.1, 0.15) is 56.1 Å². The van der Waals surface area contributed by atoms with E-state index in [4.69, 9.17) is 9.47 Å². The smallest absolute Gasteiger partial charge is 0.308 e. The topological polar surface area (TPSA) is 67.9 Å². The molecule has 0 spiro atoms. The summed E-state index contributed by atoms with van der Waals surface area (Å²) in [4.78, 5) is 26.8. The summed E-state index contributed by atoms with van der Waals surface area (Å²) in [6.45, 7) is 2.22. The molecule has 38 heavy (non-hydrogen) atoms. The molecule has 3 aromatic rings. The largest absolute Gasteiger partial charge is 0.461 e. The Morgan fingerprint density at radius 3 is 2.34 bits per heavy atom. The van der Waals surface area contributed by atoms with Crippen LogP contribution in [-0.2, 0) is 32.3 Å². The van der Waals surface area contributed by atoms with Gasteiger partial charge >= 0.3 is 5.97 Å². The first kappa shape index (κ1) is 29.3. The third-order valence-electron chi connectivity index (χ3n) is 6.44. The van der Waals surface area contributed by atoms with E-state index < -0.39 is 0 Å². The van der Waals surface area contributed by atoms with Crippen LogP contribution >= 0.6 is 0 Å². The van der Waals surface area contributed by atoms with Crippen LogP contribution in [0.15, 0.2) is 72.8 Å². The van der Waals surface area contributed by atoms with Gasteiger partial charge in [-0.1, -0.05) is 92.1 Å². The highest BCUT2D eigenvalue weighted by Gasteiger charge is 2.18. The second kappa shape index (κ2) is 16.6. The van der Waals surface area contributed by atoms with Gasteiger partial charge in [0.05, 0.1) is 19.1 Å². The highest BCUT2D eigenvalue weighted by Crippen LogP contribution is 2.19. The Hall–Kier alpha value is -3.22. The first-order chi connectivity index (χ1) is 18.5. The molecular weight excluding hydrogens is 476 g/mol. The molecule has 3 aromatic carbocycles. The average Bonchev–Trinajstić information content (AvgIpc) is 2.91. The predicted octanol–water partition coefficient (Wildman–Crippen LogP) is 5.88. The molecule has 0 aromatic heterocycles. The summed E-state index contributed by atoms with van der Waals surface area (Å²) >= 11 is 0. The van der Waals surface area contributed by atoms with Gasteiger partial charge < -0.3 is 19.7 Å². The number of hydrogen-bond donors (Lipinski definition) is 1. The number of fused-ring (bicyclic) bond motifs is 1. The van der Waals surface area contributed by atoms with Gasteiger partial charge in [-0.25, -0.2) is 0 Å². The minimum absolute atomic E-state index is 0.00821. The zero-order valence-electron chi connectivity index (χ0n) is 22.9. The van der Waals surface area contributed by atoms with Crippen molar-refractivity contribution < 1.29 is 19.1 Å². The van der Waals surface area contributed by atoms with Crippen molar-refractivity contribution in [3.05, 3.63) is 83.9 Å². The SMILES string of the molecule is CN(C)CC(CC(=O)OCc1ccccc1)NC(=O)CCCCCCCOCc1cccc2ccccc12. The molecule has 3 rings (SSSR count). The number of rotatable bonds is 17. The number of nitrogens with zero attached hydrogens (tertiary/aromatic N) is 1. The maximum atomic E-state index is 12.5. The molecule has 0 aliphatic heterocycles. The molecule has 1 atom stereocenters. The van der Waals surface area contributed by atoms with E-state index in [2.05, 4.69) is 47.8 Å². The summed E-state index contributed by atoms with van der Waals surface area (Å²) in [5, 5.41) is 5.52. The van der Waals surface area contributed by atoms with Crippen molar-refractivity contribution in [2.75, 3.05) is 27.2 Å². The van der Waals surface area contributed by atoms with Gasteiger partial charge in [0.25, 0.3) is 0 Å². The summed E-state index contributed by atoms with van der Waals surface area (Å²) in [6, 6.07) is 24.1. The lowest BCUT2D eigenvalue weighted by Gasteiger charge is -2.22. The number of nitrogens with one attached hydrogen (secondary N) is 1. The Bertz CT molecular complexity index is 1110. The second-order valence-corrected chi connectivity index (χ2v) is 10.1. The molecular formula is C32H42N2O4. The number of hydrogen-bond acceptors (Lipinski definition) is 5. The lowest BCUT2D eigenvalue weighted by atomic mass is 10.1. The molecule has 6 nitrogen and oxygen atoms in total. The summed E-state index contributed by atoms with van der Waals surface area (Å²) < 4.78 is 11.3. The van der Waals surface area contributed by atoms with Gasteiger partial charge in [-0.05, 0) is 48.8 Å². The molecule has 0 aliphatic carbocycles. The highest BCUT2D eigenvalue weighted by molar-refractivity contribution is 5.85. The number of carbonyl (C=O) groups is 2. The lowest BCUT2D eigenvalue weighted by molar-refractivity contribution is -0.145. The Kier molecular flexibility index (Phi) is 12.8. The third kappa shape index (κ3) is 11.0. The van der Waals surface area contributed by atoms with Gasteiger partial charge in [-0.15, -0.1) is 0 Å². The number of ether oxygens (including phenoxy) is 2. The molecule has 204 valence electrons. The van der Waals surface area contributed by atoms with Crippen molar-refractivity contribution in [1.29, 1.82) is 0 Å². The van der Waals surface area contributed by atoms with Crippen molar-refractivity contribution in [2.45, 2.75) is 64.2 Å². The van der Waals surface area contributed by atoms with Gasteiger partial charge in [0.15, 0.2) is 0 Å². The third-order valence-corrected chi connectivity index (χ3v) is 6.44. The van der Waals surface area contributed by atoms with E-state index in [0.29, 0.717) is 19.6 Å². The molecule has 0 saturated carbocycles. The molecule has 0 heterocycles. The Morgan fingerprint density at radius 1 is 0.816 bits per heavy atom. The maximum Gasteiger partial charge on any atom is 0.308 e. The normalized spacial score (nSPS) is 12.0. The zero-order chi connectivity index (χ0) is 27.0. The van der Waals surface area contributed by atoms with Crippen molar-refractivity contribution in [3.63, 3.8) is 0 Å². The number of unbranched alkanes of at least 4 members (excludes halogenated alkanes) is 4. The van der Waals surface area contributed by atoms with Crippen molar-refractivity contribution in [2.24, 2.45) is 0 Å². The van der Waals surface area contributed by atoms with E-state index in [1.807, 2.05) is 49.3 Å². The van der Waals surface area contributed by atoms with E-state index in [9.17, 15) is 9.59 Å². The standard InChI is InChI=1S/C32H42N2O4/c1-34(2)23-29(22-32(36)38-24-26-14-7-6-8-15-26)33-31(35)20-9-4-3-5-12-21-37-25-28-18-13-17-27-16-10-11-19-30(27)28/h6-8,10-11,13-19,29H,3-5,9,12,20-25H2,1-2H3,(H,33,35). The molecule has 0 saturated heterocycles. The number of benzene rings is 3. The highest BCUT2D eigenvalue weighted by atomic mass is 16.5. The monoisotopic (exact) mass is 518 g/mol.